The number of amides is 1. The smallest absolute Gasteiger partial charge is 0.300 e. The molecule has 1 N–H and O–H groups in total. The largest absolute Gasteiger partial charge is 0.507 e. The Hall–Kier alpha value is -4.06. The second kappa shape index (κ2) is 9.06. The molecule has 1 atom stereocenters. The van der Waals surface area contributed by atoms with Crippen molar-refractivity contribution in [1.82, 2.24) is 0 Å². The normalized spacial score (nSPS) is 17.2. The van der Waals surface area contributed by atoms with Gasteiger partial charge in [-0.15, -0.1) is 0 Å². The van der Waals surface area contributed by atoms with Crippen LogP contribution in [0, 0.1) is 20.8 Å². The number of aliphatic hydroxyl groups is 1. The Labute approximate surface area is 199 Å². The standard InChI is InChI=1S/C28H27NO5/c1-16-13-14-23(34-5)20(15-16)26(30)24-25(19-10-6-7-12-22(19)33-4)29(28(32)27(24)31)21-11-8-9-17(2)18(21)3/h6-15,25,30H,1-5H3/b26-24+. The average molecular weight is 458 g/mol. The Bertz CT molecular complexity index is 1320. The highest BCUT2D eigenvalue weighted by atomic mass is 16.5. The van der Waals surface area contributed by atoms with E-state index in [1.165, 1.54) is 19.1 Å². The van der Waals surface area contributed by atoms with Crippen molar-refractivity contribution in [2.24, 2.45) is 0 Å². The Morgan fingerprint density at radius 2 is 1.59 bits per heavy atom. The summed E-state index contributed by atoms with van der Waals surface area (Å²) in [4.78, 5) is 28.4. The van der Waals surface area contributed by atoms with Crippen molar-refractivity contribution in [2.75, 3.05) is 19.1 Å². The van der Waals surface area contributed by atoms with E-state index in [2.05, 4.69) is 0 Å². The number of hydrogen-bond donors (Lipinski definition) is 1. The van der Waals surface area contributed by atoms with Gasteiger partial charge in [-0.1, -0.05) is 42.0 Å². The highest BCUT2D eigenvalue weighted by Gasteiger charge is 2.48. The van der Waals surface area contributed by atoms with Crippen molar-refractivity contribution in [3.8, 4) is 11.5 Å². The molecule has 0 spiro atoms. The lowest BCUT2D eigenvalue weighted by molar-refractivity contribution is -0.132. The number of hydrogen-bond acceptors (Lipinski definition) is 5. The van der Waals surface area contributed by atoms with Crippen LogP contribution in [0.3, 0.4) is 0 Å². The lowest BCUT2D eigenvalue weighted by Crippen LogP contribution is -2.30. The highest BCUT2D eigenvalue weighted by molar-refractivity contribution is 6.52. The molecule has 1 heterocycles. The maximum absolute atomic E-state index is 13.5. The number of carbonyl (C=O) groups excluding carboxylic acids is 2. The molecule has 0 aromatic heterocycles. The quantitative estimate of drug-likeness (QED) is 0.322. The van der Waals surface area contributed by atoms with Crippen molar-refractivity contribution in [2.45, 2.75) is 26.8 Å². The number of rotatable bonds is 5. The van der Waals surface area contributed by atoms with Crippen LogP contribution in [0.1, 0.15) is 33.9 Å². The van der Waals surface area contributed by atoms with Gasteiger partial charge < -0.3 is 14.6 Å². The van der Waals surface area contributed by atoms with E-state index in [4.69, 9.17) is 9.47 Å². The van der Waals surface area contributed by atoms with Crippen LogP contribution in [0.2, 0.25) is 0 Å². The maximum atomic E-state index is 13.5. The predicted octanol–water partition coefficient (Wildman–Crippen LogP) is 5.26. The Kier molecular flexibility index (Phi) is 6.16. The predicted molar refractivity (Wildman–Crippen MR) is 131 cm³/mol. The second-order valence-electron chi connectivity index (χ2n) is 8.33. The van der Waals surface area contributed by atoms with Crippen molar-refractivity contribution in [3.05, 3.63) is 94.1 Å². The van der Waals surface area contributed by atoms with Crippen LogP contribution in [0.15, 0.2) is 66.2 Å². The molecule has 174 valence electrons. The zero-order valence-electron chi connectivity index (χ0n) is 19.9. The van der Waals surface area contributed by atoms with Gasteiger partial charge in [-0.3, -0.25) is 14.5 Å². The molecule has 4 rings (SSSR count). The van der Waals surface area contributed by atoms with E-state index < -0.39 is 17.7 Å². The SMILES string of the molecule is COc1ccc(C)cc1/C(O)=C1\C(=O)C(=O)N(c2cccc(C)c2C)C1c1ccccc1OC. The van der Waals surface area contributed by atoms with Gasteiger partial charge >= 0.3 is 0 Å². The van der Waals surface area contributed by atoms with E-state index in [0.717, 1.165) is 16.7 Å². The molecular weight excluding hydrogens is 430 g/mol. The van der Waals surface area contributed by atoms with E-state index in [0.29, 0.717) is 28.3 Å². The van der Waals surface area contributed by atoms with E-state index in [1.807, 2.05) is 57.2 Å². The first-order valence-corrected chi connectivity index (χ1v) is 10.9. The van der Waals surface area contributed by atoms with Gasteiger partial charge in [0.15, 0.2) is 0 Å². The molecule has 0 bridgehead atoms. The summed E-state index contributed by atoms with van der Waals surface area (Å²) in [6, 6.07) is 17.2. The fraction of sp³-hybridized carbons (Fsp3) is 0.214. The number of benzene rings is 3. The molecule has 0 saturated carbocycles. The zero-order chi connectivity index (χ0) is 24.6. The van der Waals surface area contributed by atoms with Crippen LogP contribution < -0.4 is 14.4 Å². The first kappa shape index (κ1) is 23.1. The van der Waals surface area contributed by atoms with Crippen molar-refractivity contribution in [1.29, 1.82) is 0 Å². The molecule has 1 fully saturated rings. The topological polar surface area (TPSA) is 76.1 Å². The fourth-order valence-electron chi connectivity index (χ4n) is 4.42. The van der Waals surface area contributed by atoms with Crippen molar-refractivity contribution in [3.63, 3.8) is 0 Å². The average Bonchev–Trinajstić information content (AvgIpc) is 3.10. The maximum Gasteiger partial charge on any atom is 0.300 e. The number of ether oxygens (including phenoxy) is 2. The first-order chi connectivity index (χ1) is 16.3. The number of nitrogens with zero attached hydrogens (tertiary/aromatic N) is 1. The van der Waals surface area contributed by atoms with Gasteiger partial charge in [0, 0.05) is 11.3 Å². The summed E-state index contributed by atoms with van der Waals surface area (Å²) >= 11 is 0. The minimum Gasteiger partial charge on any atom is -0.507 e. The fourth-order valence-corrected chi connectivity index (χ4v) is 4.42. The molecule has 1 saturated heterocycles. The number of carbonyl (C=O) groups is 2. The summed E-state index contributed by atoms with van der Waals surface area (Å²) in [6.45, 7) is 5.74. The first-order valence-electron chi connectivity index (χ1n) is 10.9. The van der Waals surface area contributed by atoms with Crippen LogP contribution in [-0.4, -0.2) is 31.0 Å². The molecule has 1 unspecified atom stereocenters. The van der Waals surface area contributed by atoms with Crippen LogP contribution in [0.5, 0.6) is 11.5 Å². The summed E-state index contributed by atoms with van der Waals surface area (Å²) in [6.07, 6.45) is 0. The summed E-state index contributed by atoms with van der Waals surface area (Å²) in [5.41, 5.74) is 4.27. The molecule has 1 aliphatic rings. The van der Waals surface area contributed by atoms with Crippen LogP contribution in [-0.2, 0) is 9.59 Å². The minimum atomic E-state index is -0.887. The summed E-state index contributed by atoms with van der Waals surface area (Å²) < 4.78 is 11.0. The lowest BCUT2D eigenvalue weighted by Gasteiger charge is -2.28. The number of ketones is 1. The molecule has 6 heteroatoms. The van der Waals surface area contributed by atoms with Gasteiger partial charge in [-0.05, 0) is 56.2 Å². The van der Waals surface area contributed by atoms with Crippen molar-refractivity contribution < 1.29 is 24.2 Å². The van der Waals surface area contributed by atoms with Gasteiger partial charge in [-0.25, -0.2) is 0 Å². The number of anilines is 1. The third-order valence-corrected chi connectivity index (χ3v) is 6.32. The van der Waals surface area contributed by atoms with E-state index in [-0.39, 0.29) is 11.3 Å². The third kappa shape index (κ3) is 3.71. The van der Waals surface area contributed by atoms with Crippen LogP contribution >= 0.6 is 0 Å². The van der Waals surface area contributed by atoms with Crippen LogP contribution in [0.4, 0.5) is 5.69 Å². The highest BCUT2D eigenvalue weighted by Crippen LogP contribution is 2.46. The Morgan fingerprint density at radius 3 is 2.29 bits per heavy atom. The molecule has 0 aliphatic carbocycles. The van der Waals surface area contributed by atoms with Gasteiger partial charge in [0.1, 0.15) is 17.3 Å². The van der Waals surface area contributed by atoms with Gasteiger partial charge in [0.2, 0.25) is 0 Å². The van der Waals surface area contributed by atoms with Crippen molar-refractivity contribution >= 4 is 23.1 Å². The minimum absolute atomic E-state index is 0.0145. The van der Waals surface area contributed by atoms with Gasteiger partial charge in [-0.2, -0.15) is 0 Å². The molecule has 0 radical (unpaired) electrons. The zero-order valence-corrected chi connectivity index (χ0v) is 19.9. The second-order valence-corrected chi connectivity index (χ2v) is 8.33. The lowest BCUT2D eigenvalue weighted by atomic mass is 9.93. The summed E-state index contributed by atoms with van der Waals surface area (Å²) in [5.74, 6) is -0.857. The Balaban J connectivity index is 2.06. The van der Waals surface area contributed by atoms with E-state index >= 15 is 0 Å². The molecule has 6 nitrogen and oxygen atoms in total. The number of aliphatic hydroxyl groups excluding tert-OH is 1. The number of aryl methyl sites for hydroxylation is 2. The molecule has 1 amide bonds. The van der Waals surface area contributed by atoms with E-state index in [1.54, 1.807) is 24.3 Å². The Morgan fingerprint density at radius 1 is 0.882 bits per heavy atom. The number of methoxy groups -OCH3 is 2. The monoisotopic (exact) mass is 457 g/mol. The molecule has 3 aromatic carbocycles. The van der Waals surface area contributed by atoms with Gasteiger partial charge in [0.25, 0.3) is 11.7 Å². The third-order valence-electron chi connectivity index (χ3n) is 6.32. The number of para-hydroxylation sites is 1. The molecule has 3 aromatic rings. The van der Waals surface area contributed by atoms with Crippen LogP contribution in [0.25, 0.3) is 5.76 Å². The molecular formula is C28H27NO5. The van der Waals surface area contributed by atoms with E-state index in [9.17, 15) is 14.7 Å². The summed E-state index contributed by atoms with van der Waals surface area (Å²) in [5, 5.41) is 11.5. The summed E-state index contributed by atoms with van der Waals surface area (Å²) in [7, 11) is 3.03. The number of Topliss-reactive ketones (excluding diaryl/α,β-unsaturated/α-hetero) is 1. The van der Waals surface area contributed by atoms with Gasteiger partial charge in [0.05, 0.1) is 31.4 Å². The molecule has 34 heavy (non-hydrogen) atoms. The molecule has 1 aliphatic heterocycles.